The average molecular weight is 361 g/mol. The summed E-state index contributed by atoms with van der Waals surface area (Å²) in [6.07, 6.45) is 4.03. The molecule has 0 aliphatic heterocycles. The van der Waals surface area contributed by atoms with Crippen molar-refractivity contribution in [1.29, 1.82) is 0 Å². The SMILES string of the molecule is COc1ccc(NC(=O)C2(N(C)C(=O)CNC(C)=O)CCCCC2)cc1. The lowest BCUT2D eigenvalue weighted by Crippen LogP contribution is -2.59. The average Bonchev–Trinajstić information content (AvgIpc) is 2.66. The van der Waals surface area contributed by atoms with Gasteiger partial charge in [-0.3, -0.25) is 14.4 Å². The van der Waals surface area contributed by atoms with Gasteiger partial charge in [0.25, 0.3) is 0 Å². The predicted octanol–water partition coefficient (Wildman–Crippen LogP) is 1.93. The highest BCUT2D eigenvalue weighted by molar-refractivity contribution is 6.01. The topological polar surface area (TPSA) is 87.7 Å². The molecule has 1 aromatic carbocycles. The van der Waals surface area contributed by atoms with Crippen molar-refractivity contribution in [3.8, 4) is 5.75 Å². The maximum absolute atomic E-state index is 13.1. The second-order valence-electron chi connectivity index (χ2n) is 6.64. The number of anilines is 1. The maximum Gasteiger partial charge on any atom is 0.250 e. The fourth-order valence-electron chi connectivity index (χ4n) is 3.33. The number of carbonyl (C=O) groups is 3. The lowest BCUT2D eigenvalue weighted by atomic mass is 9.79. The van der Waals surface area contributed by atoms with E-state index in [4.69, 9.17) is 4.74 Å². The van der Waals surface area contributed by atoms with Crippen LogP contribution in [0.25, 0.3) is 0 Å². The van der Waals surface area contributed by atoms with Gasteiger partial charge in [-0.2, -0.15) is 0 Å². The van der Waals surface area contributed by atoms with Gasteiger partial charge < -0.3 is 20.3 Å². The van der Waals surface area contributed by atoms with Crippen LogP contribution in [0.3, 0.4) is 0 Å². The molecule has 0 atom stereocenters. The first kappa shape index (κ1) is 19.8. The third kappa shape index (κ3) is 4.53. The van der Waals surface area contributed by atoms with Crippen LogP contribution in [0, 0.1) is 0 Å². The van der Waals surface area contributed by atoms with E-state index in [2.05, 4.69) is 10.6 Å². The molecular formula is C19H27N3O4. The first-order valence-corrected chi connectivity index (χ1v) is 8.85. The van der Waals surface area contributed by atoms with E-state index < -0.39 is 5.54 Å². The number of amides is 3. The number of methoxy groups -OCH3 is 1. The molecule has 0 heterocycles. The zero-order chi connectivity index (χ0) is 19.2. The van der Waals surface area contributed by atoms with Crippen LogP contribution >= 0.6 is 0 Å². The van der Waals surface area contributed by atoms with Crippen LogP contribution in [0.15, 0.2) is 24.3 Å². The number of benzene rings is 1. The van der Waals surface area contributed by atoms with Gasteiger partial charge in [0.1, 0.15) is 11.3 Å². The molecule has 0 spiro atoms. The number of carbonyl (C=O) groups excluding carboxylic acids is 3. The van der Waals surface area contributed by atoms with Gasteiger partial charge in [0.05, 0.1) is 13.7 Å². The lowest BCUT2D eigenvalue weighted by molar-refractivity contribution is -0.145. The second kappa shape index (κ2) is 8.69. The highest BCUT2D eigenvalue weighted by Crippen LogP contribution is 2.34. The van der Waals surface area contributed by atoms with Crippen LogP contribution in [-0.4, -0.2) is 48.9 Å². The highest BCUT2D eigenvalue weighted by atomic mass is 16.5. The number of hydrogen-bond donors (Lipinski definition) is 2. The number of likely N-dealkylation sites (N-methyl/N-ethyl adjacent to an activating group) is 1. The molecule has 1 aliphatic rings. The van der Waals surface area contributed by atoms with Gasteiger partial charge in [-0.15, -0.1) is 0 Å². The van der Waals surface area contributed by atoms with E-state index in [1.165, 1.54) is 11.8 Å². The van der Waals surface area contributed by atoms with E-state index in [0.717, 1.165) is 19.3 Å². The van der Waals surface area contributed by atoms with Crippen molar-refractivity contribution in [2.24, 2.45) is 0 Å². The van der Waals surface area contributed by atoms with Crippen molar-refractivity contribution in [3.05, 3.63) is 24.3 Å². The Morgan fingerprint density at radius 2 is 1.73 bits per heavy atom. The number of nitrogens with one attached hydrogen (secondary N) is 2. The second-order valence-corrected chi connectivity index (χ2v) is 6.64. The summed E-state index contributed by atoms with van der Waals surface area (Å²) in [5.74, 6) is -0.0295. The van der Waals surface area contributed by atoms with Crippen LogP contribution in [-0.2, 0) is 14.4 Å². The van der Waals surface area contributed by atoms with E-state index >= 15 is 0 Å². The minimum atomic E-state index is -0.895. The Balaban J connectivity index is 2.16. The number of ether oxygens (including phenoxy) is 1. The van der Waals surface area contributed by atoms with Gasteiger partial charge >= 0.3 is 0 Å². The lowest BCUT2D eigenvalue weighted by Gasteiger charge is -2.43. The minimum Gasteiger partial charge on any atom is -0.497 e. The molecular weight excluding hydrogens is 334 g/mol. The van der Waals surface area contributed by atoms with E-state index in [0.29, 0.717) is 24.3 Å². The van der Waals surface area contributed by atoms with Gasteiger partial charge in [0.15, 0.2) is 0 Å². The van der Waals surface area contributed by atoms with Crippen molar-refractivity contribution in [3.63, 3.8) is 0 Å². The Labute approximate surface area is 154 Å². The molecule has 1 saturated carbocycles. The third-order valence-electron chi connectivity index (χ3n) is 4.96. The molecule has 1 aromatic rings. The summed E-state index contributed by atoms with van der Waals surface area (Å²) in [6, 6.07) is 7.09. The summed E-state index contributed by atoms with van der Waals surface area (Å²) in [6.45, 7) is 1.25. The van der Waals surface area contributed by atoms with Crippen molar-refractivity contribution < 1.29 is 19.1 Å². The molecule has 1 fully saturated rings. The zero-order valence-electron chi connectivity index (χ0n) is 15.6. The number of rotatable bonds is 6. The summed E-state index contributed by atoms with van der Waals surface area (Å²) < 4.78 is 5.13. The van der Waals surface area contributed by atoms with Gasteiger partial charge in [-0.05, 0) is 37.1 Å². The zero-order valence-corrected chi connectivity index (χ0v) is 15.6. The predicted molar refractivity (Wildman–Crippen MR) is 98.9 cm³/mol. The summed E-state index contributed by atoms with van der Waals surface area (Å²) >= 11 is 0. The number of hydrogen-bond acceptors (Lipinski definition) is 4. The fraction of sp³-hybridized carbons (Fsp3) is 0.526. The fourth-order valence-corrected chi connectivity index (χ4v) is 3.33. The third-order valence-corrected chi connectivity index (χ3v) is 4.96. The maximum atomic E-state index is 13.1. The summed E-state index contributed by atoms with van der Waals surface area (Å²) in [4.78, 5) is 38.2. The van der Waals surface area contributed by atoms with Crippen molar-refractivity contribution >= 4 is 23.4 Å². The Kier molecular flexibility index (Phi) is 6.60. The molecule has 3 amide bonds. The van der Waals surface area contributed by atoms with Crippen molar-refractivity contribution in [2.75, 3.05) is 26.0 Å². The monoisotopic (exact) mass is 361 g/mol. The molecule has 26 heavy (non-hydrogen) atoms. The molecule has 142 valence electrons. The molecule has 7 nitrogen and oxygen atoms in total. The molecule has 0 aromatic heterocycles. The summed E-state index contributed by atoms with van der Waals surface area (Å²) in [7, 11) is 3.23. The quantitative estimate of drug-likeness (QED) is 0.810. The molecule has 0 radical (unpaired) electrons. The van der Waals surface area contributed by atoms with Crippen LogP contribution in [0.2, 0.25) is 0 Å². The van der Waals surface area contributed by atoms with E-state index in [1.807, 2.05) is 0 Å². The van der Waals surface area contributed by atoms with Crippen LogP contribution in [0.5, 0.6) is 5.75 Å². The Bertz CT molecular complexity index is 651. The van der Waals surface area contributed by atoms with E-state index in [-0.39, 0.29) is 24.3 Å². The Morgan fingerprint density at radius 1 is 1.12 bits per heavy atom. The van der Waals surface area contributed by atoms with Gasteiger partial charge in [-0.1, -0.05) is 19.3 Å². The minimum absolute atomic E-state index is 0.108. The van der Waals surface area contributed by atoms with Crippen LogP contribution < -0.4 is 15.4 Å². The Hall–Kier alpha value is -2.57. The van der Waals surface area contributed by atoms with Crippen LogP contribution in [0.1, 0.15) is 39.0 Å². The molecule has 2 N–H and O–H groups in total. The molecule has 0 saturated heterocycles. The number of nitrogens with zero attached hydrogens (tertiary/aromatic N) is 1. The standard InChI is InChI=1S/C19H27N3O4/c1-14(23)20-13-17(24)22(2)19(11-5-4-6-12-19)18(25)21-15-7-9-16(26-3)10-8-15/h7-10H,4-6,11-13H2,1-3H3,(H,20,23)(H,21,25). The normalized spacial score (nSPS) is 15.7. The highest BCUT2D eigenvalue weighted by Gasteiger charge is 2.45. The first-order valence-electron chi connectivity index (χ1n) is 8.85. The van der Waals surface area contributed by atoms with E-state index in [9.17, 15) is 14.4 Å². The summed E-state index contributed by atoms with van der Waals surface area (Å²) in [5, 5.41) is 5.44. The Morgan fingerprint density at radius 3 is 2.27 bits per heavy atom. The van der Waals surface area contributed by atoms with Gasteiger partial charge in [0, 0.05) is 19.7 Å². The molecule has 2 rings (SSSR count). The summed E-state index contributed by atoms with van der Waals surface area (Å²) in [5.41, 5.74) is -0.239. The largest absolute Gasteiger partial charge is 0.497 e. The smallest absolute Gasteiger partial charge is 0.250 e. The first-order chi connectivity index (χ1) is 12.4. The van der Waals surface area contributed by atoms with Gasteiger partial charge in [-0.25, -0.2) is 0 Å². The molecule has 7 heteroatoms. The molecule has 1 aliphatic carbocycles. The van der Waals surface area contributed by atoms with Crippen molar-refractivity contribution in [2.45, 2.75) is 44.6 Å². The molecule has 0 bridgehead atoms. The van der Waals surface area contributed by atoms with Gasteiger partial charge in [0.2, 0.25) is 17.7 Å². The van der Waals surface area contributed by atoms with Crippen molar-refractivity contribution in [1.82, 2.24) is 10.2 Å². The van der Waals surface area contributed by atoms with Crippen LogP contribution in [0.4, 0.5) is 5.69 Å². The molecule has 0 unspecified atom stereocenters. The van der Waals surface area contributed by atoms with E-state index in [1.54, 1.807) is 38.4 Å².